The Labute approximate surface area is 185 Å². The van der Waals surface area contributed by atoms with Crippen LogP contribution in [-0.2, 0) is 21.3 Å². The lowest BCUT2D eigenvalue weighted by Crippen LogP contribution is -2.33. The number of carbonyl (C=O) groups excluding carboxylic acids is 1. The molecule has 9 heteroatoms. The van der Waals surface area contributed by atoms with Crippen LogP contribution in [0.1, 0.15) is 15.9 Å². The molecule has 0 bridgehead atoms. The van der Waals surface area contributed by atoms with Crippen LogP contribution >= 0.6 is 0 Å². The summed E-state index contributed by atoms with van der Waals surface area (Å²) in [6.45, 7) is 1.03. The first kappa shape index (κ1) is 23.4. The number of nitrogens with one attached hydrogen (secondary N) is 1. The van der Waals surface area contributed by atoms with Gasteiger partial charge in [0.25, 0.3) is 15.9 Å². The molecule has 0 aliphatic rings. The number of amides is 1. The normalized spacial score (nSPS) is 11.2. The summed E-state index contributed by atoms with van der Waals surface area (Å²) in [7, 11) is -2.64. The van der Waals surface area contributed by atoms with Crippen LogP contribution in [-0.4, -0.2) is 39.5 Å². The van der Waals surface area contributed by atoms with Crippen molar-refractivity contribution in [1.82, 2.24) is 4.90 Å². The Kier molecular flexibility index (Phi) is 7.55. The highest BCUT2D eigenvalue weighted by Gasteiger charge is 2.19. The minimum absolute atomic E-state index is 0.118. The molecule has 1 N–H and O–H groups in total. The number of nitrogens with zero attached hydrogens (tertiary/aromatic N) is 1. The highest BCUT2D eigenvalue weighted by atomic mass is 32.2. The van der Waals surface area contributed by atoms with Crippen LogP contribution in [0.25, 0.3) is 0 Å². The summed E-state index contributed by atoms with van der Waals surface area (Å²) in [5.41, 5.74) is 1.32. The molecule has 0 unspecified atom stereocenters. The van der Waals surface area contributed by atoms with Crippen LogP contribution < -0.4 is 4.72 Å². The number of halogens is 2. The van der Waals surface area contributed by atoms with E-state index in [2.05, 4.69) is 4.72 Å². The van der Waals surface area contributed by atoms with Gasteiger partial charge in [0.2, 0.25) is 0 Å². The molecule has 0 aliphatic heterocycles. The maximum absolute atomic E-state index is 13.5. The minimum Gasteiger partial charge on any atom is -0.383 e. The number of anilines is 1. The highest BCUT2D eigenvalue weighted by Crippen LogP contribution is 2.20. The van der Waals surface area contributed by atoms with Gasteiger partial charge < -0.3 is 9.64 Å². The topological polar surface area (TPSA) is 75.7 Å². The molecule has 3 rings (SSSR count). The SMILES string of the molecule is COCCN(Cc1ccccc1)C(=O)c1cccc(NS(=O)(=O)c2ccc(F)c(F)c2)c1. The molecule has 1 amide bonds. The Morgan fingerprint density at radius 1 is 0.969 bits per heavy atom. The van der Waals surface area contributed by atoms with Gasteiger partial charge >= 0.3 is 0 Å². The summed E-state index contributed by atoms with van der Waals surface area (Å²) in [6.07, 6.45) is 0. The van der Waals surface area contributed by atoms with E-state index in [1.165, 1.54) is 18.2 Å². The summed E-state index contributed by atoms with van der Waals surface area (Å²) in [4.78, 5) is 14.3. The zero-order valence-electron chi connectivity index (χ0n) is 17.3. The van der Waals surface area contributed by atoms with E-state index in [0.717, 1.165) is 17.7 Å². The molecule has 0 fully saturated rings. The van der Waals surface area contributed by atoms with Gasteiger partial charge in [0.1, 0.15) is 0 Å². The molecular formula is C23H22F2N2O4S. The van der Waals surface area contributed by atoms with Crippen molar-refractivity contribution in [3.05, 3.63) is 95.6 Å². The van der Waals surface area contributed by atoms with Gasteiger partial charge in [-0.3, -0.25) is 9.52 Å². The van der Waals surface area contributed by atoms with Crippen molar-refractivity contribution in [3.8, 4) is 0 Å². The fraction of sp³-hybridized carbons (Fsp3) is 0.174. The monoisotopic (exact) mass is 460 g/mol. The molecule has 0 radical (unpaired) electrons. The highest BCUT2D eigenvalue weighted by molar-refractivity contribution is 7.92. The molecule has 0 aliphatic carbocycles. The van der Waals surface area contributed by atoms with Crippen LogP contribution in [0, 0.1) is 11.6 Å². The molecule has 0 atom stereocenters. The van der Waals surface area contributed by atoms with Crippen LogP contribution in [0.3, 0.4) is 0 Å². The van der Waals surface area contributed by atoms with Gasteiger partial charge in [-0.15, -0.1) is 0 Å². The minimum atomic E-state index is -4.18. The number of hydrogen-bond acceptors (Lipinski definition) is 4. The number of benzene rings is 3. The number of sulfonamides is 1. The van der Waals surface area contributed by atoms with Crippen LogP contribution in [0.15, 0.2) is 77.7 Å². The summed E-state index contributed by atoms with van der Waals surface area (Å²) >= 11 is 0. The molecule has 32 heavy (non-hydrogen) atoms. The number of hydrogen-bond donors (Lipinski definition) is 1. The lowest BCUT2D eigenvalue weighted by molar-refractivity contribution is 0.0680. The van der Waals surface area contributed by atoms with Gasteiger partial charge in [0.15, 0.2) is 11.6 Å². The predicted octanol–water partition coefficient (Wildman–Crippen LogP) is 4.05. The van der Waals surface area contributed by atoms with E-state index in [1.54, 1.807) is 18.1 Å². The van der Waals surface area contributed by atoms with Crippen molar-refractivity contribution in [3.63, 3.8) is 0 Å². The fourth-order valence-electron chi connectivity index (χ4n) is 3.01. The van der Waals surface area contributed by atoms with Gasteiger partial charge in [0, 0.05) is 31.5 Å². The number of carbonyl (C=O) groups is 1. The first-order valence-electron chi connectivity index (χ1n) is 9.70. The van der Waals surface area contributed by atoms with Crippen LogP contribution in [0.2, 0.25) is 0 Å². The molecular weight excluding hydrogens is 438 g/mol. The van der Waals surface area contributed by atoms with Gasteiger partial charge in [0.05, 0.1) is 11.5 Å². The molecule has 3 aromatic carbocycles. The third-order valence-electron chi connectivity index (χ3n) is 4.63. The van der Waals surface area contributed by atoms with Crippen molar-refractivity contribution in [2.24, 2.45) is 0 Å². The molecule has 0 saturated carbocycles. The number of ether oxygens (including phenoxy) is 1. The molecule has 168 valence electrons. The Morgan fingerprint density at radius 2 is 1.72 bits per heavy atom. The van der Waals surface area contributed by atoms with E-state index >= 15 is 0 Å². The molecule has 0 aromatic heterocycles. The van der Waals surface area contributed by atoms with Gasteiger partial charge in [-0.1, -0.05) is 36.4 Å². The third kappa shape index (κ3) is 5.89. The fourth-order valence-corrected chi connectivity index (χ4v) is 4.08. The van der Waals surface area contributed by atoms with E-state index in [9.17, 15) is 22.0 Å². The lowest BCUT2D eigenvalue weighted by Gasteiger charge is -2.23. The lowest BCUT2D eigenvalue weighted by atomic mass is 10.1. The summed E-state index contributed by atoms with van der Waals surface area (Å²) in [6, 6.07) is 17.7. The first-order valence-corrected chi connectivity index (χ1v) is 11.2. The Morgan fingerprint density at radius 3 is 2.41 bits per heavy atom. The largest absolute Gasteiger partial charge is 0.383 e. The zero-order valence-corrected chi connectivity index (χ0v) is 18.1. The molecule has 3 aromatic rings. The Bertz CT molecular complexity index is 1190. The van der Waals surface area contributed by atoms with E-state index in [0.29, 0.717) is 25.8 Å². The summed E-state index contributed by atoms with van der Waals surface area (Å²) in [5.74, 6) is -2.72. The van der Waals surface area contributed by atoms with E-state index in [-0.39, 0.29) is 17.2 Å². The van der Waals surface area contributed by atoms with Gasteiger partial charge in [-0.25, -0.2) is 17.2 Å². The zero-order chi connectivity index (χ0) is 23.1. The van der Waals surface area contributed by atoms with Crippen LogP contribution in [0.5, 0.6) is 0 Å². The maximum atomic E-state index is 13.5. The Hall–Kier alpha value is -3.30. The smallest absolute Gasteiger partial charge is 0.261 e. The Balaban J connectivity index is 1.82. The molecule has 0 heterocycles. The average Bonchev–Trinajstić information content (AvgIpc) is 2.78. The average molecular weight is 461 g/mol. The predicted molar refractivity (Wildman–Crippen MR) is 117 cm³/mol. The summed E-state index contributed by atoms with van der Waals surface area (Å²) in [5, 5.41) is 0. The van der Waals surface area contributed by atoms with Gasteiger partial charge in [-0.2, -0.15) is 0 Å². The standard InChI is InChI=1S/C23H22F2N2O4S/c1-31-13-12-27(16-17-6-3-2-4-7-17)23(28)18-8-5-9-19(14-18)26-32(29,30)20-10-11-21(24)22(25)15-20/h2-11,14-15,26H,12-13,16H2,1H3. The van der Waals surface area contributed by atoms with Crippen molar-refractivity contribution in [1.29, 1.82) is 0 Å². The molecule has 6 nitrogen and oxygen atoms in total. The number of rotatable bonds is 9. The van der Waals surface area contributed by atoms with E-state index < -0.39 is 26.6 Å². The molecule has 0 spiro atoms. The summed E-state index contributed by atoms with van der Waals surface area (Å²) < 4.78 is 59.1. The van der Waals surface area contributed by atoms with Crippen molar-refractivity contribution >= 4 is 21.6 Å². The second kappa shape index (κ2) is 10.3. The van der Waals surface area contributed by atoms with Crippen molar-refractivity contribution in [2.45, 2.75) is 11.4 Å². The van der Waals surface area contributed by atoms with Crippen molar-refractivity contribution in [2.75, 3.05) is 25.0 Å². The quantitative estimate of drug-likeness (QED) is 0.523. The third-order valence-corrected chi connectivity index (χ3v) is 6.01. The van der Waals surface area contributed by atoms with Crippen LogP contribution in [0.4, 0.5) is 14.5 Å². The van der Waals surface area contributed by atoms with Crippen molar-refractivity contribution < 1.29 is 26.7 Å². The number of methoxy groups -OCH3 is 1. The second-order valence-corrected chi connectivity index (χ2v) is 8.65. The second-order valence-electron chi connectivity index (χ2n) is 6.97. The molecule has 0 saturated heterocycles. The van der Waals surface area contributed by atoms with Gasteiger partial charge in [-0.05, 0) is 42.0 Å². The van der Waals surface area contributed by atoms with E-state index in [1.807, 2.05) is 30.3 Å². The first-order chi connectivity index (χ1) is 15.3. The van der Waals surface area contributed by atoms with E-state index in [4.69, 9.17) is 4.74 Å². The maximum Gasteiger partial charge on any atom is 0.261 e.